The Morgan fingerprint density at radius 1 is 1.07 bits per heavy atom. The van der Waals surface area contributed by atoms with Crippen molar-refractivity contribution in [1.29, 1.82) is 0 Å². The number of rotatable bonds is 3. The number of fused-ring (bicyclic) bond motifs is 2. The van der Waals surface area contributed by atoms with Crippen molar-refractivity contribution in [2.75, 3.05) is 12.3 Å². The summed E-state index contributed by atoms with van der Waals surface area (Å²) >= 11 is 0. The highest BCUT2D eigenvalue weighted by molar-refractivity contribution is 5.87. The SMILES string of the molecule is Nc1ncnc2c1ncn2[C@]1(c2cccc3ccccc23)O[C@H](CO)[C@@H](O)[C@H]1O. The van der Waals surface area contributed by atoms with E-state index in [-0.39, 0.29) is 5.82 Å². The molecule has 4 aromatic rings. The van der Waals surface area contributed by atoms with Crippen molar-refractivity contribution in [2.45, 2.75) is 24.0 Å². The summed E-state index contributed by atoms with van der Waals surface area (Å²) < 4.78 is 7.73. The van der Waals surface area contributed by atoms with Crippen molar-refractivity contribution in [3.05, 3.63) is 60.7 Å². The van der Waals surface area contributed by atoms with E-state index in [0.717, 1.165) is 10.8 Å². The van der Waals surface area contributed by atoms with Gasteiger partial charge in [-0.15, -0.1) is 0 Å². The number of nitrogens with zero attached hydrogens (tertiary/aromatic N) is 4. The number of imidazole rings is 1. The zero-order valence-corrected chi connectivity index (χ0v) is 15.3. The standard InChI is InChI=1S/C20H19N5O4/c21-18-15-19(23-9-22-18)25(10-24-15)20(17(28)16(27)14(8-26)29-20)13-7-3-5-11-4-1-2-6-12(11)13/h1-7,9-10,14,16-17,26-28H,8H2,(H2,21,22,23)/t14-,16-,17-,20-/m1/s1. The summed E-state index contributed by atoms with van der Waals surface area (Å²) in [6.07, 6.45) is -0.976. The minimum atomic E-state index is -1.58. The molecule has 0 saturated carbocycles. The number of anilines is 1. The van der Waals surface area contributed by atoms with Gasteiger partial charge in [0.25, 0.3) is 0 Å². The third-order valence-electron chi connectivity index (χ3n) is 5.51. The highest BCUT2D eigenvalue weighted by atomic mass is 16.6. The minimum Gasteiger partial charge on any atom is -0.394 e. The number of hydrogen-bond acceptors (Lipinski definition) is 8. The van der Waals surface area contributed by atoms with Gasteiger partial charge in [-0.2, -0.15) is 0 Å². The van der Waals surface area contributed by atoms with Crippen molar-refractivity contribution in [3.8, 4) is 0 Å². The van der Waals surface area contributed by atoms with E-state index in [1.54, 1.807) is 4.57 Å². The summed E-state index contributed by atoms with van der Waals surface area (Å²) in [4.78, 5) is 12.5. The highest BCUT2D eigenvalue weighted by Crippen LogP contribution is 2.45. The second-order valence-corrected chi connectivity index (χ2v) is 7.04. The molecule has 1 aliphatic heterocycles. The summed E-state index contributed by atoms with van der Waals surface area (Å²) in [5.41, 5.74) is 5.66. The van der Waals surface area contributed by atoms with Gasteiger partial charge < -0.3 is 25.8 Å². The molecule has 0 radical (unpaired) electrons. The number of nitrogen functional groups attached to an aromatic ring is 1. The number of aliphatic hydroxyl groups is 3. The van der Waals surface area contributed by atoms with E-state index in [1.807, 2.05) is 42.5 Å². The predicted octanol–water partition coefficient (Wildman–Crippen LogP) is 0.376. The first-order chi connectivity index (χ1) is 14.1. The van der Waals surface area contributed by atoms with Gasteiger partial charge in [0.1, 0.15) is 30.2 Å². The number of hydrogen-bond donors (Lipinski definition) is 4. The quantitative estimate of drug-likeness (QED) is 0.392. The second kappa shape index (κ2) is 6.46. The van der Waals surface area contributed by atoms with E-state index in [9.17, 15) is 15.3 Å². The normalized spacial score (nSPS) is 27.1. The van der Waals surface area contributed by atoms with Crippen molar-refractivity contribution < 1.29 is 20.1 Å². The average molecular weight is 393 g/mol. The minimum absolute atomic E-state index is 0.188. The van der Waals surface area contributed by atoms with E-state index in [0.29, 0.717) is 16.7 Å². The third kappa shape index (κ3) is 2.39. The van der Waals surface area contributed by atoms with Gasteiger partial charge in [0.05, 0.1) is 12.9 Å². The fourth-order valence-corrected chi connectivity index (χ4v) is 4.14. The lowest BCUT2D eigenvalue weighted by Crippen LogP contribution is -2.46. The van der Waals surface area contributed by atoms with E-state index in [4.69, 9.17) is 10.5 Å². The van der Waals surface area contributed by atoms with Crippen molar-refractivity contribution >= 4 is 27.8 Å². The predicted molar refractivity (Wildman–Crippen MR) is 105 cm³/mol. The van der Waals surface area contributed by atoms with Crippen LogP contribution in [0, 0.1) is 0 Å². The summed E-state index contributed by atoms with van der Waals surface area (Å²) in [7, 11) is 0. The molecule has 0 amide bonds. The topological polar surface area (TPSA) is 140 Å². The van der Waals surface area contributed by atoms with Gasteiger partial charge >= 0.3 is 0 Å². The molecule has 5 rings (SSSR count). The molecule has 1 fully saturated rings. The van der Waals surface area contributed by atoms with Crippen molar-refractivity contribution in [3.63, 3.8) is 0 Å². The maximum absolute atomic E-state index is 11.2. The third-order valence-corrected chi connectivity index (χ3v) is 5.51. The number of benzene rings is 2. The Morgan fingerprint density at radius 2 is 1.86 bits per heavy atom. The van der Waals surface area contributed by atoms with E-state index >= 15 is 0 Å². The van der Waals surface area contributed by atoms with Crippen LogP contribution in [-0.2, 0) is 10.5 Å². The lowest BCUT2D eigenvalue weighted by Gasteiger charge is -2.35. The zero-order chi connectivity index (χ0) is 20.2. The van der Waals surface area contributed by atoms with Crippen molar-refractivity contribution in [1.82, 2.24) is 19.5 Å². The molecule has 3 heterocycles. The molecule has 2 aromatic heterocycles. The molecule has 0 spiro atoms. The first kappa shape index (κ1) is 18.0. The maximum Gasteiger partial charge on any atom is 0.203 e. The first-order valence-corrected chi connectivity index (χ1v) is 9.15. The maximum atomic E-state index is 11.2. The van der Waals surface area contributed by atoms with Crippen LogP contribution >= 0.6 is 0 Å². The van der Waals surface area contributed by atoms with Gasteiger partial charge in [-0.3, -0.25) is 4.57 Å². The molecule has 9 nitrogen and oxygen atoms in total. The molecule has 0 unspecified atom stereocenters. The molecule has 9 heteroatoms. The smallest absolute Gasteiger partial charge is 0.203 e. The average Bonchev–Trinajstić information content (AvgIpc) is 3.29. The second-order valence-electron chi connectivity index (χ2n) is 7.04. The van der Waals surface area contributed by atoms with Crippen LogP contribution < -0.4 is 5.73 Å². The number of ether oxygens (including phenoxy) is 1. The Balaban J connectivity index is 1.87. The fraction of sp³-hybridized carbons (Fsp3) is 0.250. The highest BCUT2D eigenvalue weighted by Gasteiger charge is 2.57. The van der Waals surface area contributed by atoms with Crippen LogP contribution in [0.15, 0.2) is 55.1 Å². The van der Waals surface area contributed by atoms with Crippen LogP contribution in [-0.4, -0.2) is 59.8 Å². The van der Waals surface area contributed by atoms with Crippen LogP contribution in [0.3, 0.4) is 0 Å². The van der Waals surface area contributed by atoms with Crippen LogP contribution in [0.1, 0.15) is 5.56 Å². The molecule has 29 heavy (non-hydrogen) atoms. The van der Waals surface area contributed by atoms with Crippen LogP contribution in [0.25, 0.3) is 21.9 Å². The molecule has 1 aliphatic rings. The molecule has 4 atom stereocenters. The molecule has 2 aromatic carbocycles. The molecule has 5 N–H and O–H groups in total. The fourth-order valence-electron chi connectivity index (χ4n) is 4.14. The Labute approximate surface area is 165 Å². The summed E-state index contributed by atoms with van der Waals surface area (Å²) in [6, 6.07) is 13.2. The Bertz CT molecular complexity index is 1210. The van der Waals surface area contributed by atoms with Crippen LogP contribution in [0.4, 0.5) is 5.82 Å². The van der Waals surface area contributed by atoms with Gasteiger partial charge in [-0.05, 0) is 10.8 Å². The van der Waals surface area contributed by atoms with Gasteiger partial charge in [-0.1, -0.05) is 42.5 Å². The van der Waals surface area contributed by atoms with Crippen LogP contribution in [0.2, 0.25) is 0 Å². The van der Waals surface area contributed by atoms with Gasteiger partial charge in [0.2, 0.25) is 5.72 Å². The summed E-state index contributed by atoms with van der Waals surface area (Å²) in [5.74, 6) is 0.188. The number of nitrogens with two attached hydrogens (primary N) is 1. The molecule has 0 bridgehead atoms. The molecular formula is C20H19N5O4. The zero-order valence-electron chi connectivity index (χ0n) is 15.3. The van der Waals surface area contributed by atoms with E-state index in [2.05, 4.69) is 15.0 Å². The molecule has 1 saturated heterocycles. The molecular weight excluding hydrogens is 374 g/mol. The lowest BCUT2D eigenvalue weighted by atomic mass is 9.90. The lowest BCUT2D eigenvalue weighted by molar-refractivity contribution is -0.114. The largest absolute Gasteiger partial charge is 0.394 e. The van der Waals surface area contributed by atoms with Gasteiger partial charge in [-0.25, -0.2) is 15.0 Å². The van der Waals surface area contributed by atoms with E-state index in [1.165, 1.54) is 12.7 Å². The van der Waals surface area contributed by atoms with Gasteiger partial charge in [0, 0.05) is 5.56 Å². The van der Waals surface area contributed by atoms with Crippen molar-refractivity contribution in [2.24, 2.45) is 0 Å². The number of aliphatic hydroxyl groups excluding tert-OH is 3. The first-order valence-electron chi connectivity index (χ1n) is 9.15. The Hall–Kier alpha value is -3.11. The number of aromatic nitrogens is 4. The van der Waals surface area contributed by atoms with E-state index < -0.39 is 30.6 Å². The monoisotopic (exact) mass is 393 g/mol. The van der Waals surface area contributed by atoms with Gasteiger partial charge in [0.15, 0.2) is 11.5 Å². The van der Waals surface area contributed by atoms with Crippen LogP contribution in [0.5, 0.6) is 0 Å². The molecule has 0 aliphatic carbocycles. The molecule has 148 valence electrons. The summed E-state index contributed by atoms with van der Waals surface area (Å²) in [6.45, 7) is -0.464. The Kier molecular flexibility index (Phi) is 4.00. The summed E-state index contributed by atoms with van der Waals surface area (Å²) in [5, 5.41) is 33.3. The Morgan fingerprint density at radius 3 is 2.66 bits per heavy atom.